The number of benzene rings is 2. The summed E-state index contributed by atoms with van der Waals surface area (Å²) in [4.78, 5) is 67.1. The Morgan fingerprint density at radius 3 is 2.38 bits per heavy atom. The molecule has 1 aromatic heterocycles. The van der Waals surface area contributed by atoms with Gasteiger partial charge in [0.15, 0.2) is 0 Å². The standard InChI is InChI=1S/C28H24FN5O5/c1-28(2,17-5-3-15(4-6-17)16-11-18(29)14-30-13-16)33-27(39)31-19-7-8-20-21(12-19)26(38)34(25(20)37)22-9-10-23(35)32-24(22)36/h3-8,11-14,22H,9-10H2,1-2H3,(H2,31,33,39)(H,32,35,36). The molecule has 2 aliphatic heterocycles. The van der Waals surface area contributed by atoms with E-state index in [2.05, 4.69) is 20.9 Å². The van der Waals surface area contributed by atoms with Gasteiger partial charge >= 0.3 is 6.03 Å². The molecule has 6 amide bonds. The van der Waals surface area contributed by atoms with Crippen molar-refractivity contribution in [1.82, 2.24) is 20.5 Å². The lowest BCUT2D eigenvalue weighted by atomic mass is 9.92. The molecule has 0 aliphatic carbocycles. The van der Waals surface area contributed by atoms with E-state index < -0.39 is 47.1 Å². The van der Waals surface area contributed by atoms with E-state index >= 15 is 0 Å². The van der Waals surface area contributed by atoms with E-state index in [1.54, 1.807) is 6.20 Å². The molecule has 0 spiro atoms. The lowest BCUT2D eigenvalue weighted by Crippen LogP contribution is -2.54. The first-order valence-corrected chi connectivity index (χ1v) is 12.2. The Balaban J connectivity index is 1.27. The molecule has 198 valence electrons. The summed E-state index contributed by atoms with van der Waals surface area (Å²) in [6, 6.07) is 11.3. The number of halogens is 1. The minimum Gasteiger partial charge on any atom is -0.329 e. The van der Waals surface area contributed by atoms with Crippen LogP contribution in [0.2, 0.25) is 0 Å². The number of nitrogens with one attached hydrogen (secondary N) is 3. The summed E-state index contributed by atoms with van der Waals surface area (Å²) in [5.74, 6) is -2.87. The molecule has 0 saturated carbocycles. The largest absolute Gasteiger partial charge is 0.329 e. The number of carbonyl (C=O) groups excluding carboxylic acids is 5. The number of rotatable bonds is 5. The van der Waals surface area contributed by atoms with Crippen LogP contribution in [0.1, 0.15) is 53.0 Å². The van der Waals surface area contributed by atoms with Crippen molar-refractivity contribution in [2.45, 2.75) is 38.3 Å². The first kappa shape index (κ1) is 25.7. The number of carbonyl (C=O) groups is 5. The summed E-state index contributed by atoms with van der Waals surface area (Å²) in [7, 11) is 0. The summed E-state index contributed by atoms with van der Waals surface area (Å²) < 4.78 is 13.5. The van der Waals surface area contributed by atoms with Crippen LogP contribution in [-0.4, -0.2) is 45.6 Å². The Hall–Kier alpha value is -4.93. The monoisotopic (exact) mass is 529 g/mol. The van der Waals surface area contributed by atoms with Gasteiger partial charge in [-0.25, -0.2) is 9.18 Å². The minimum atomic E-state index is -1.07. The third kappa shape index (κ3) is 4.98. The van der Waals surface area contributed by atoms with Crippen molar-refractivity contribution < 1.29 is 28.4 Å². The average Bonchev–Trinajstić information content (AvgIpc) is 3.13. The van der Waals surface area contributed by atoms with Crippen LogP contribution in [0, 0.1) is 5.82 Å². The van der Waals surface area contributed by atoms with Crippen molar-refractivity contribution in [2.24, 2.45) is 0 Å². The van der Waals surface area contributed by atoms with Crippen LogP contribution in [0.4, 0.5) is 14.9 Å². The molecule has 11 heteroatoms. The van der Waals surface area contributed by atoms with Gasteiger partial charge in [-0.15, -0.1) is 0 Å². The molecule has 2 aromatic carbocycles. The van der Waals surface area contributed by atoms with Crippen molar-refractivity contribution in [2.75, 3.05) is 5.32 Å². The maximum Gasteiger partial charge on any atom is 0.319 e. The Labute approximate surface area is 222 Å². The maximum absolute atomic E-state index is 13.5. The van der Waals surface area contributed by atoms with Crippen LogP contribution >= 0.6 is 0 Å². The molecule has 1 unspecified atom stereocenters. The molecular weight excluding hydrogens is 505 g/mol. The molecular formula is C28H24FN5O5. The quantitative estimate of drug-likeness (QED) is 0.434. The van der Waals surface area contributed by atoms with Crippen molar-refractivity contribution >= 4 is 35.3 Å². The highest BCUT2D eigenvalue weighted by atomic mass is 19.1. The molecule has 3 N–H and O–H groups in total. The van der Waals surface area contributed by atoms with Gasteiger partial charge in [0, 0.05) is 23.9 Å². The van der Waals surface area contributed by atoms with Crippen molar-refractivity contribution in [3.63, 3.8) is 0 Å². The van der Waals surface area contributed by atoms with Gasteiger partial charge < -0.3 is 10.6 Å². The van der Waals surface area contributed by atoms with E-state index in [-0.39, 0.29) is 29.7 Å². The number of pyridine rings is 1. The molecule has 10 nitrogen and oxygen atoms in total. The van der Waals surface area contributed by atoms with Gasteiger partial charge in [0.2, 0.25) is 11.8 Å². The van der Waals surface area contributed by atoms with Gasteiger partial charge in [-0.05, 0) is 55.7 Å². The van der Waals surface area contributed by atoms with Crippen molar-refractivity contribution in [3.8, 4) is 11.1 Å². The van der Waals surface area contributed by atoms with Crippen LogP contribution in [-0.2, 0) is 15.1 Å². The van der Waals surface area contributed by atoms with E-state index in [0.29, 0.717) is 5.56 Å². The smallest absolute Gasteiger partial charge is 0.319 e. The highest BCUT2D eigenvalue weighted by Gasteiger charge is 2.44. The van der Waals surface area contributed by atoms with Gasteiger partial charge in [-0.3, -0.25) is 34.4 Å². The Morgan fingerprint density at radius 1 is 0.974 bits per heavy atom. The van der Waals surface area contributed by atoms with Gasteiger partial charge in [-0.2, -0.15) is 0 Å². The predicted molar refractivity (Wildman–Crippen MR) is 138 cm³/mol. The second kappa shape index (κ2) is 9.75. The van der Waals surface area contributed by atoms with E-state index in [1.165, 1.54) is 24.3 Å². The summed E-state index contributed by atoms with van der Waals surface area (Å²) >= 11 is 0. The Kier molecular flexibility index (Phi) is 6.43. The van der Waals surface area contributed by atoms with Crippen LogP contribution in [0.25, 0.3) is 11.1 Å². The molecule has 1 fully saturated rings. The third-order valence-corrected chi connectivity index (χ3v) is 6.77. The van der Waals surface area contributed by atoms with Gasteiger partial charge in [-0.1, -0.05) is 24.3 Å². The maximum atomic E-state index is 13.5. The van der Waals surface area contributed by atoms with E-state index in [4.69, 9.17) is 0 Å². The third-order valence-electron chi connectivity index (χ3n) is 6.77. The van der Waals surface area contributed by atoms with Crippen LogP contribution in [0.15, 0.2) is 60.9 Å². The highest BCUT2D eigenvalue weighted by Crippen LogP contribution is 2.30. The number of aromatic nitrogens is 1. The second-order valence-electron chi connectivity index (χ2n) is 9.88. The zero-order valence-corrected chi connectivity index (χ0v) is 21.1. The minimum absolute atomic E-state index is 0.0251. The number of fused-ring (bicyclic) bond motifs is 1. The topological polar surface area (TPSA) is 138 Å². The fourth-order valence-electron chi connectivity index (χ4n) is 4.72. The van der Waals surface area contributed by atoms with Gasteiger partial charge in [0.05, 0.1) is 22.9 Å². The fraction of sp³-hybridized carbons (Fsp3) is 0.214. The summed E-state index contributed by atoms with van der Waals surface area (Å²) in [6.45, 7) is 3.63. The number of hydrogen-bond donors (Lipinski definition) is 3. The van der Waals surface area contributed by atoms with E-state index in [1.807, 2.05) is 38.1 Å². The Morgan fingerprint density at radius 2 is 1.69 bits per heavy atom. The number of nitrogens with zero attached hydrogens (tertiary/aromatic N) is 2. The first-order valence-electron chi connectivity index (χ1n) is 12.2. The zero-order chi connectivity index (χ0) is 27.9. The van der Waals surface area contributed by atoms with Crippen LogP contribution < -0.4 is 16.0 Å². The van der Waals surface area contributed by atoms with Crippen LogP contribution in [0.5, 0.6) is 0 Å². The molecule has 3 heterocycles. The molecule has 2 aliphatic rings. The number of piperidine rings is 1. The Bertz CT molecular complexity index is 1540. The van der Waals surface area contributed by atoms with E-state index in [0.717, 1.165) is 22.2 Å². The number of imide groups is 2. The molecule has 1 atom stereocenters. The van der Waals surface area contributed by atoms with Crippen molar-refractivity contribution in [3.05, 3.63) is 83.4 Å². The number of anilines is 1. The number of urea groups is 1. The van der Waals surface area contributed by atoms with Crippen molar-refractivity contribution in [1.29, 1.82) is 0 Å². The average molecular weight is 530 g/mol. The van der Waals surface area contributed by atoms with E-state index in [9.17, 15) is 28.4 Å². The highest BCUT2D eigenvalue weighted by molar-refractivity contribution is 6.23. The summed E-state index contributed by atoms with van der Waals surface area (Å²) in [5.41, 5.74) is 1.85. The predicted octanol–water partition coefficient (Wildman–Crippen LogP) is 3.35. The molecule has 0 bridgehead atoms. The lowest BCUT2D eigenvalue weighted by Gasteiger charge is -2.27. The molecule has 1 saturated heterocycles. The molecule has 39 heavy (non-hydrogen) atoms. The molecule has 3 aromatic rings. The lowest BCUT2D eigenvalue weighted by molar-refractivity contribution is -0.136. The zero-order valence-electron chi connectivity index (χ0n) is 21.1. The normalized spacial score (nSPS) is 17.1. The molecule has 5 rings (SSSR count). The number of hydrogen-bond acceptors (Lipinski definition) is 6. The van der Waals surface area contributed by atoms with Gasteiger partial charge in [0.1, 0.15) is 11.9 Å². The van der Waals surface area contributed by atoms with Crippen LogP contribution in [0.3, 0.4) is 0 Å². The second-order valence-corrected chi connectivity index (χ2v) is 9.88. The molecule has 0 radical (unpaired) electrons. The summed E-state index contributed by atoms with van der Waals surface area (Å²) in [5, 5.41) is 7.71. The number of amides is 6. The fourth-order valence-corrected chi connectivity index (χ4v) is 4.72. The van der Waals surface area contributed by atoms with Gasteiger partial charge in [0.25, 0.3) is 11.8 Å². The first-order chi connectivity index (χ1) is 18.5. The summed E-state index contributed by atoms with van der Waals surface area (Å²) in [6.07, 6.45) is 2.77. The SMILES string of the molecule is CC(C)(NC(=O)Nc1ccc2c(c1)C(=O)N(C1CCC(=O)NC1=O)C2=O)c1ccc(-c2cncc(F)c2)cc1.